The number of aliphatic hydroxyl groups excluding tert-OH is 1. The number of amides is 2. The summed E-state index contributed by atoms with van der Waals surface area (Å²) < 4.78 is 26.0. The van der Waals surface area contributed by atoms with E-state index >= 15 is 0 Å². The molecule has 1 aromatic carbocycles. The Morgan fingerprint density at radius 2 is 1.83 bits per heavy atom. The highest BCUT2D eigenvalue weighted by Gasteiger charge is 2.60. The number of hydrogen-bond acceptors (Lipinski definition) is 11. The van der Waals surface area contributed by atoms with Gasteiger partial charge in [-0.15, -0.1) is 0 Å². The quantitative estimate of drug-likeness (QED) is 0.171. The molecule has 11 atom stereocenters. The van der Waals surface area contributed by atoms with Crippen LogP contribution in [0, 0.1) is 29.6 Å². The number of carbonyl (C=O) groups is 3. The fourth-order valence-electron chi connectivity index (χ4n) is 12.4. The summed E-state index contributed by atoms with van der Waals surface area (Å²) in [5, 5.41) is 27.6. The number of carbonyl (C=O) groups excluding carboxylic acids is 3. The Kier molecular flexibility index (Phi) is 15.9. The molecule has 2 aliphatic carbocycles. The zero-order valence-electron chi connectivity index (χ0n) is 42.2. The molecule has 69 heavy (non-hydrogen) atoms. The van der Waals surface area contributed by atoms with Crippen molar-refractivity contribution in [3.63, 3.8) is 0 Å². The van der Waals surface area contributed by atoms with Gasteiger partial charge in [-0.1, -0.05) is 118 Å². The smallest absolute Gasteiger partial charge is 0.316 e. The van der Waals surface area contributed by atoms with Gasteiger partial charge < -0.3 is 43.8 Å². The second kappa shape index (κ2) is 21.5. The molecule has 2 N–H and O–H groups in total. The molecule has 6 heterocycles. The number of piperazine rings is 1. The maximum atomic E-state index is 14.2. The van der Waals surface area contributed by atoms with E-state index in [2.05, 4.69) is 83.1 Å². The highest BCUT2D eigenvalue weighted by Crippen LogP contribution is 2.48. The van der Waals surface area contributed by atoms with Crippen LogP contribution in [0.2, 0.25) is 0 Å². The number of benzene rings is 1. The van der Waals surface area contributed by atoms with Crippen molar-refractivity contribution in [2.45, 2.75) is 167 Å². The van der Waals surface area contributed by atoms with Crippen LogP contribution in [0.15, 0.2) is 88.2 Å². The molecular formula is C56H77N3O10. The molecule has 1 aromatic rings. The van der Waals surface area contributed by atoms with Crippen molar-refractivity contribution in [3.05, 3.63) is 94.1 Å². The lowest BCUT2D eigenvalue weighted by molar-refractivity contribution is -0.313. The van der Waals surface area contributed by atoms with Gasteiger partial charge in [-0.3, -0.25) is 14.4 Å². The molecule has 1 unspecified atom stereocenters. The Balaban J connectivity index is 0.000000231. The maximum absolute atomic E-state index is 14.2. The van der Waals surface area contributed by atoms with Gasteiger partial charge in [0.2, 0.25) is 11.8 Å². The number of nitrogens with zero attached hydrogens (tertiary/aromatic N) is 3. The van der Waals surface area contributed by atoms with E-state index in [0.717, 1.165) is 56.4 Å². The second-order valence-corrected chi connectivity index (χ2v) is 21.6. The molecule has 2 bridgehead atoms. The topological polar surface area (TPSA) is 157 Å². The van der Waals surface area contributed by atoms with E-state index < -0.39 is 41.6 Å². The van der Waals surface area contributed by atoms with Gasteiger partial charge in [-0.25, -0.2) is 0 Å². The number of fused-ring (bicyclic) bond motifs is 5. The minimum absolute atomic E-state index is 0.0340. The molecule has 0 aromatic heterocycles. The molecule has 13 heteroatoms. The first-order chi connectivity index (χ1) is 33.0. The number of hydrogen-bond donors (Lipinski definition) is 2. The first kappa shape index (κ1) is 51.0. The number of allylic oxidation sites excluding steroid dienone is 5. The summed E-state index contributed by atoms with van der Waals surface area (Å²) in [7, 11) is 1.55. The normalized spacial score (nSPS) is 38.0. The van der Waals surface area contributed by atoms with Crippen LogP contribution >= 0.6 is 0 Å². The Morgan fingerprint density at radius 3 is 2.58 bits per heavy atom. The molecule has 376 valence electrons. The summed E-state index contributed by atoms with van der Waals surface area (Å²) in [5.41, 5.74) is 5.10. The molecule has 4 saturated heterocycles. The number of rotatable bonds is 4. The van der Waals surface area contributed by atoms with E-state index in [-0.39, 0.29) is 61.0 Å². The standard InChI is InChI=1S/C37H53NO8.C19H24N2O2/c1-21(2)14-25(6)33-26(7)31(38-42-8)19-36(46-33)18-29-17-28(45-36)13-12-23(4)15-22(3)10-9-11-27-20-43-34-32(39)24(5)16-30(35(40)44-29)37(27,34)41;22-18-13-20(19(23)15-7-2-1-3-8-15)12-17-16-9-5-4-6-14(16)10-11-21(17)18/h9-12,14,16,21-22,26,28-30,32-34,39,41H,13,15,17-20H2,1-8H3;4-6,9,15,17H,1-3,7-8,10-13H2/b10-9+,23-12+,25-14+,27-11+,38-31+;/t22-,26-,28+,29-,30-,32+,33+,34+,36-,37+;/m0./s1. The van der Waals surface area contributed by atoms with Crippen molar-refractivity contribution >= 4 is 23.5 Å². The lowest BCUT2D eigenvalue weighted by Gasteiger charge is -2.50. The lowest BCUT2D eigenvalue weighted by Crippen LogP contribution is -2.59. The van der Waals surface area contributed by atoms with E-state index in [9.17, 15) is 24.6 Å². The van der Waals surface area contributed by atoms with E-state index in [1.807, 2.05) is 28.0 Å². The maximum Gasteiger partial charge on any atom is 0.316 e. The number of aliphatic hydroxyl groups is 2. The number of esters is 1. The monoisotopic (exact) mass is 952 g/mol. The van der Waals surface area contributed by atoms with Crippen molar-refractivity contribution in [1.82, 2.24) is 9.80 Å². The summed E-state index contributed by atoms with van der Waals surface area (Å²) in [4.78, 5) is 48.7. The summed E-state index contributed by atoms with van der Waals surface area (Å²) in [6.45, 7) is 16.3. The zero-order valence-corrected chi connectivity index (χ0v) is 42.2. The molecule has 13 nitrogen and oxygen atoms in total. The van der Waals surface area contributed by atoms with Crippen molar-refractivity contribution < 1.29 is 48.4 Å². The predicted octanol–water partition coefficient (Wildman–Crippen LogP) is 8.26. The molecular weight excluding hydrogens is 875 g/mol. The van der Waals surface area contributed by atoms with E-state index in [0.29, 0.717) is 49.3 Å². The molecule has 2 amide bonds. The van der Waals surface area contributed by atoms with Crippen molar-refractivity contribution in [1.29, 1.82) is 0 Å². The number of oxime groups is 1. The van der Waals surface area contributed by atoms with Crippen molar-refractivity contribution in [3.8, 4) is 0 Å². The van der Waals surface area contributed by atoms with Crippen LogP contribution in [0.3, 0.4) is 0 Å². The third-order valence-corrected chi connectivity index (χ3v) is 15.9. The van der Waals surface area contributed by atoms with E-state index in [1.54, 1.807) is 20.1 Å². The van der Waals surface area contributed by atoms with E-state index in [1.165, 1.54) is 23.1 Å². The van der Waals surface area contributed by atoms with Crippen molar-refractivity contribution in [2.24, 2.45) is 34.7 Å². The second-order valence-electron chi connectivity index (χ2n) is 21.6. The van der Waals surface area contributed by atoms with Crippen molar-refractivity contribution in [2.75, 3.05) is 33.4 Å². The lowest BCUT2D eigenvalue weighted by atomic mass is 9.71. The van der Waals surface area contributed by atoms with Gasteiger partial charge in [0.05, 0.1) is 37.1 Å². The molecule has 5 fully saturated rings. The predicted molar refractivity (Wildman–Crippen MR) is 263 cm³/mol. The largest absolute Gasteiger partial charge is 0.462 e. The van der Waals surface area contributed by atoms with Gasteiger partial charge in [0.1, 0.15) is 36.9 Å². The van der Waals surface area contributed by atoms with Crippen LogP contribution in [0.5, 0.6) is 0 Å². The third kappa shape index (κ3) is 10.9. The Morgan fingerprint density at radius 1 is 1.06 bits per heavy atom. The van der Waals surface area contributed by atoms with Gasteiger partial charge in [0, 0.05) is 44.2 Å². The minimum Gasteiger partial charge on any atom is -0.462 e. The van der Waals surface area contributed by atoms with Gasteiger partial charge in [-0.05, 0) is 92.6 Å². The first-order valence-electron chi connectivity index (χ1n) is 25.7. The van der Waals surface area contributed by atoms with Gasteiger partial charge in [0.15, 0.2) is 5.79 Å². The summed E-state index contributed by atoms with van der Waals surface area (Å²) in [5.74, 6) is -1.69. The van der Waals surface area contributed by atoms with Crippen LogP contribution in [0.25, 0.3) is 0 Å². The van der Waals surface area contributed by atoms with Crippen LogP contribution in [-0.4, -0.2) is 119 Å². The summed E-state index contributed by atoms with van der Waals surface area (Å²) in [6.07, 6.45) is 17.9. The van der Waals surface area contributed by atoms with Crippen LogP contribution in [0.1, 0.15) is 130 Å². The summed E-state index contributed by atoms with van der Waals surface area (Å²) >= 11 is 0. The zero-order chi connectivity index (χ0) is 49.2. The molecule has 6 aliphatic heterocycles. The summed E-state index contributed by atoms with van der Waals surface area (Å²) in [6, 6.07) is 8.42. The van der Waals surface area contributed by atoms with Crippen LogP contribution in [0.4, 0.5) is 0 Å². The first-order valence-corrected chi connectivity index (χ1v) is 25.7. The SMILES string of the molecule is CO/N=C1\C[C@]2(C[C@@H]3C[C@@H](C/C=C(\C)C[C@@H](C)/C=C/C=C4\CO[C@@H]5[C@H](O)C(C)=C[C@@H](C(=O)O3)[C@]45O)O2)O[C@H](/C(C)=C/C(C)C)[C@H]1C.O=C(C1CCCCC1)N1CC(=O)N2CCc3ccccc3C2C1. The highest BCUT2D eigenvalue weighted by atomic mass is 16.7. The molecule has 8 aliphatic rings. The fourth-order valence-corrected chi connectivity index (χ4v) is 12.4. The van der Waals surface area contributed by atoms with Gasteiger partial charge in [0.25, 0.3) is 0 Å². The number of ether oxygens (including phenoxy) is 4. The van der Waals surface area contributed by atoms with Gasteiger partial charge >= 0.3 is 5.97 Å². The highest BCUT2D eigenvalue weighted by molar-refractivity contribution is 5.89. The molecule has 1 spiro atoms. The Bertz CT molecular complexity index is 2260. The molecule has 0 radical (unpaired) electrons. The molecule has 1 saturated carbocycles. The van der Waals surface area contributed by atoms with E-state index in [4.69, 9.17) is 23.8 Å². The average molecular weight is 952 g/mol. The van der Waals surface area contributed by atoms with Crippen LogP contribution < -0.4 is 0 Å². The average Bonchev–Trinajstić information content (AvgIpc) is 3.66. The Hall–Kier alpha value is -4.40. The molecule has 9 rings (SSSR count). The Labute approximate surface area is 409 Å². The third-order valence-electron chi connectivity index (χ3n) is 15.9. The fraction of sp³-hybridized carbons (Fsp3) is 0.643. The minimum atomic E-state index is -1.74. The van der Waals surface area contributed by atoms with Gasteiger partial charge in [-0.2, -0.15) is 0 Å². The van der Waals surface area contributed by atoms with Crippen LogP contribution in [-0.2, 0) is 44.6 Å².